The van der Waals surface area contributed by atoms with Crippen molar-refractivity contribution in [2.45, 2.75) is 72.8 Å². The molecule has 1 aromatic rings. The Balaban J connectivity index is 2.19. The minimum Gasteiger partial charge on any atom is -0.375 e. The molecule has 0 bridgehead atoms. The minimum absolute atomic E-state index is 0.318. The number of ether oxygens (including phenoxy) is 1. The lowest BCUT2D eigenvalue weighted by Gasteiger charge is -2.30. The third kappa shape index (κ3) is 3.49. The molecule has 0 spiro atoms. The Labute approximate surface area is 129 Å². The van der Waals surface area contributed by atoms with Crippen LogP contribution in [-0.4, -0.2) is 34.6 Å². The molecule has 0 saturated carbocycles. The summed E-state index contributed by atoms with van der Waals surface area (Å²) in [5, 5.41) is 8.27. The van der Waals surface area contributed by atoms with Crippen LogP contribution in [0.2, 0.25) is 0 Å². The lowest BCUT2D eigenvalue weighted by atomic mass is 9.81. The molecule has 1 aromatic heterocycles. The summed E-state index contributed by atoms with van der Waals surface area (Å²) >= 11 is 0. The minimum atomic E-state index is 0.318. The van der Waals surface area contributed by atoms with Crippen LogP contribution in [0.1, 0.15) is 46.0 Å². The molecule has 1 fully saturated rings. The maximum Gasteiger partial charge on any atom is 0.0597 e. The van der Waals surface area contributed by atoms with Gasteiger partial charge >= 0.3 is 0 Å². The molecule has 4 heteroatoms. The van der Waals surface area contributed by atoms with E-state index in [1.165, 1.54) is 5.69 Å². The van der Waals surface area contributed by atoms with Crippen LogP contribution in [0.5, 0.6) is 0 Å². The fourth-order valence-electron chi connectivity index (χ4n) is 3.86. The Morgan fingerprint density at radius 3 is 2.52 bits per heavy atom. The molecule has 0 radical (unpaired) electrons. The number of hydrogen-bond acceptors (Lipinski definition) is 3. The molecule has 2 rings (SSSR count). The highest BCUT2D eigenvalue weighted by Crippen LogP contribution is 2.35. The van der Waals surface area contributed by atoms with Gasteiger partial charge in [-0.15, -0.1) is 0 Å². The lowest BCUT2D eigenvalue weighted by molar-refractivity contribution is 0.0476. The van der Waals surface area contributed by atoms with Crippen LogP contribution in [0, 0.1) is 18.8 Å². The van der Waals surface area contributed by atoms with Crippen LogP contribution in [0.4, 0.5) is 0 Å². The van der Waals surface area contributed by atoms with Gasteiger partial charge in [-0.1, -0.05) is 13.8 Å². The Morgan fingerprint density at radius 2 is 2.00 bits per heavy atom. The van der Waals surface area contributed by atoms with E-state index in [0.29, 0.717) is 30.1 Å². The smallest absolute Gasteiger partial charge is 0.0597 e. The van der Waals surface area contributed by atoms with Crippen molar-refractivity contribution in [1.82, 2.24) is 15.1 Å². The van der Waals surface area contributed by atoms with Gasteiger partial charge < -0.3 is 10.1 Å². The van der Waals surface area contributed by atoms with Crippen molar-refractivity contribution in [2.75, 3.05) is 6.54 Å². The molecule has 1 N–H and O–H groups in total. The van der Waals surface area contributed by atoms with E-state index in [-0.39, 0.29) is 0 Å². The van der Waals surface area contributed by atoms with Crippen LogP contribution in [-0.2, 0) is 17.7 Å². The number of aryl methyl sites for hydroxylation is 2. The third-order valence-electron chi connectivity index (χ3n) is 4.96. The molecule has 2 heterocycles. The quantitative estimate of drug-likeness (QED) is 0.876. The second-order valence-electron chi connectivity index (χ2n) is 6.44. The second kappa shape index (κ2) is 6.93. The second-order valence-corrected chi connectivity index (χ2v) is 6.44. The van der Waals surface area contributed by atoms with Crippen molar-refractivity contribution >= 4 is 0 Å². The third-order valence-corrected chi connectivity index (χ3v) is 4.96. The summed E-state index contributed by atoms with van der Waals surface area (Å²) in [4.78, 5) is 0. The first kappa shape index (κ1) is 16.5. The maximum atomic E-state index is 6.05. The summed E-state index contributed by atoms with van der Waals surface area (Å²) < 4.78 is 8.18. The van der Waals surface area contributed by atoms with Gasteiger partial charge in [-0.3, -0.25) is 4.68 Å². The Kier molecular flexibility index (Phi) is 5.44. The molecule has 5 atom stereocenters. The number of likely N-dealkylation sites (N-methyl/N-ethyl adjacent to an activating group) is 1. The van der Waals surface area contributed by atoms with Crippen LogP contribution < -0.4 is 5.32 Å². The van der Waals surface area contributed by atoms with E-state index in [1.54, 1.807) is 0 Å². The fraction of sp³-hybridized carbons (Fsp3) is 0.824. The molecule has 4 nitrogen and oxygen atoms in total. The first-order chi connectivity index (χ1) is 9.97. The molecular formula is C17H31N3O. The van der Waals surface area contributed by atoms with Gasteiger partial charge in [-0.25, -0.2) is 0 Å². The zero-order valence-electron chi connectivity index (χ0n) is 14.4. The van der Waals surface area contributed by atoms with Gasteiger partial charge in [-0.2, -0.15) is 5.10 Å². The normalized spacial score (nSPS) is 30.8. The first-order valence-corrected chi connectivity index (χ1v) is 8.40. The predicted octanol–water partition coefficient (Wildman–Crippen LogP) is 2.79. The van der Waals surface area contributed by atoms with Gasteiger partial charge in [0.05, 0.1) is 17.9 Å². The van der Waals surface area contributed by atoms with E-state index >= 15 is 0 Å². The van der Waals surface area contributed by atoms with Gasteiger partial charge in [0.25, 0.3) is 0 Å². The van der Waals surface area contributed by atoms with Crippen molar-refractivity contribution in [3.05, 3.63) is 17.5 Å². The number of rotatable bonds is 6. The molecule has 21 heavy (non-hydrogen) atoms. The molecule has 5 unspecified atom stereocenters. The summed E-state index contributed by atoms with van der Waals surface area (Å²) in [7, 11) is 0. The van der Waals surface area contributed by atoms with E-state index in [0.717, 1.165) is 25.2 Å². The molecule has 0 aromatic carbocycles. The highest BCUT2D eigenvalue weighted by molar-refractivity contribution is 5.11. The van der Waals surface area contributed by atoms with Gasteiger partial charge in [-0.05, 0) is 46.2 Å². The molecule has 0 aliphatic carbocycles. The number of nitrogens with zero attached hydrogens (tertiary/aromatic N) is 2. The maximum absolute atomic E-state index is 6.05. The van der Waals surface area contributed by atoms with E-state index in [2.05, 4.69) is 62.7 Å². The van der Waals surface area contributed by atoms with E-state index in [1.807, 2.05) is 0 Å². The predicted molar refractivity (Wildman–Crippen MR) is 86.5 cm³/mol. The van der Waals surface area contributed by atoms with Crippen molar-refractivity contribution in [3.8, 4) is 0 Å². The SMILES string of the molecule is CCNC(Cc1cc(C)nn1CC)C1C(C)OC(C)C1C. The first-order valence-electron chi connectivity index (χ1n) is 8.40. The topological polar surface area (TPSA) is 39.1 Å². The van der Waals surface area contributed by atoms with Crippen LogP contribution in [0.3, 0.4) is 0 Å². The molecular weight excluding hydrogens is 262 g/mol. The molecule has 1 aliphatic rings. The lowest BCUT2D eigenvalue weighted by Crippen LogP contribution is -2.43. The monoisotopic (exact) mass is 293 g/mol. The van der Waals surface area contributed by atoms with Crippen molar-refractivity contribution < 1.29 is 4.74 Å². The van der Waals surface area contributed by atoms with E-state index in [4.69, 9.17) is 4.74 Å². The van der Waals surface area contributed by atoms with Crippen LogP contribution in [0.15, 0.2) is 6.07 Å². The Bertz CT molecular complexity index is 457. The van der Waals surface area contributed by atoms with Gasteiger partial charge in [0.1, 0.15) is 0 Å². The van der Waals surface area contributed by atoms with Gasteiger partial charge in [0.2, 0.25) is 0 Å². The standard InChI is InChI=1S/C17H31N3O/c1-7-18-16(17-12(4)13(5)21-14(17)6)10-15-9-11(3)19-20(15)8-2/h9,12-14,16-18H,7-8,10H2,1-6H3. The molecule has 1 aliphatic heterocycles. The van der Waals surface area contributed by atoms with Crippen molar-refractivity contribution in [1.29, 1.82) is 0 Å². The summed E-state index contributed by atoms with van der Waals surface area (Å²) in [6.45, 7) is 15.1. The summed E-state index contributed by atoms with van der Waals surface area (Å²) in [6, 6.07) is 2.67. The Hall–Kier alpha value is -0.870. The number of hydrogen-bond donors (Lipinski definition) is 1. The number of nitrogens with one attached hydrogen (secondary N) is 1. The highest BCUT2D eigenvalue weighted by Gasteiger charge is 2.41. The largest absolute Gasteiger partial charge is 0.375 e. The molecule has 120 valence electrons. The zero-order valence-corrected chi connectivity index (χ0v) is 14.4. The van der Waals surface area contributed by atoms with E-state index in [9.17, 15) is 0 Å². The van der Waals surface area contributed by atoms with Gasteiger partial charge in [0, 0.05) is 30.6 Å². The highest BCUT2D eigenvalue weighted by atomic mass is 16.5. The molecule has 0 amide bonds. The zero-order chi connectivity index (χ0) is 15.6. The fourth-order valence-corrected chi connectivity index (χ4v) is 3.86. The van der Waals surface area contributed by atoms with Crippen LogP contribution in [0.25, 0.3) is 0 Å². The summed E-state index contributed by atoms with van der Waals surface area (Å²) in [5.41, 5.74) is 2.44. The van der Waals surface area contributed by atoms with Gasteiger partial charge in [0.15, 0.2) is 0 Å². The van der Waals surface area contributed by atoms with Crippen LogP contribution >= 0.6 is 0 Å². The average Bonchev–Trinajstić information content (AvgIpc) is 2.90. The van der Waals surface area contributed by atoms with Crippen molar-refractivity contribution in [2.24, 2.45) is 11.8 Å². The summed E-state index contributed by atoms with van der Waals surface area (Å²) in [6.07, 6.45) is 1.69. The number of aromatic nitrogens is 2. The average molecular weight is 293 g/mol. The molecule has 1 saturated heterocycles. The van der Waals surface area contributed by atoms with Crippen molar-refractivity contribution in [3.63, 3.8) is 0 Å². The summed E-state index contributed by atoms with van der Waals surface area (Å²) in [5.74, 6) is 1.14. The Morgan fingerprint density at radius 1 is 1.29 bits per heavy atom. The van der Waals surface area contributed by atoms with E-state index < -0.39 is 0 Å².